The van der Waals surface area contributed by atoms with Gasteiger partial charge in [0.05, 0.1) is 10.7 Å². The number of nitrogens with zero attached hydrogens (tertiary/aromatic N) is 1. The minimum Gasteiger partial charge on any atom is -0.506 e. The Morgan fingerprint density at radius 1 is 1.16 bits per heavy atom. The highest BCUT2D eigenvalue weighted by atomic mass is 32.1. The number of benzene rings is 2. The van der Waals surface area contributed by atoms with Gasteiger partial charge in [-0.25, -0.2) is 4.39 Å². The molecular weight excluding hydrogens is 491 g/mol. The molecule has 1 atom stereocenters. The Bertz CT molecular complexity index is 1240. The van der Waals surface area contributed by atoms with E-state index in [1.807, 2.05) is 19.1 Å². The summed E-state index contributed by atoms with van der Waals surface area (Å²) in [7, 11) is 0. The van der Waals surface area contributed by atoms with Crippen LogP contribution in [-0.4, -0.2) is 59.2 Å². The largest absolute Gasteiger partial charge is 0.506 e. The fourth-order valence-electron chi connectivity index (χ4n) is 5.25. The summed E-state index contributed by atoms with van der Waals surface area (Å²) >= 11 is 1.12. The molecule has 200 valence electrons. The zero-order valence-electron chi connectivity index (χ0n) is 21.4. The molecule has 7 nitrogen and oxygen atoms in total. The average molecular weight is 529 g/mol. The molecule has 1 heterocycles. The molecule has 0 aliphatic heterocycles. The lowest BCUT2D eigenvalue weighted by Gasteiger charge is -2.38. The number of aromatic nitrogens is 1. The van der Waals surface area contributed by atoms with E-state index in [2.05, 4.69) is 20.5 Å². The van der Waals surface area contributed by atoms with Crippen LogP contribution in [0.15, 0.2) is 41.2 Å². The van der Waals surface area contributed by atoms with Gasteiger partial charge in [-0.1, -0.05) is 48.8 Å². The van der Waals surface area contributed by atoms with Gasteiger partial charge in [0.25, 0.3) is 0 Å². The van der Waals surface area contributed by atoms with Crippen molar-refractivity contribution in [2.24, 2.45) is 0 Å². The third-order valence-electron chi connectivity index (χ3n) is 7.28. The highest BCUT2D eigenvalue weighted by Gasteiger charge is 2.28. The lowest BCUT2D eigenvalue weighted by atomic mass is 9.93. The number of carbonyl (C=O) groups is 1. The van der Waals surface area contributed by atoms with E-state index in [0.29, 0.717) is 24.5 Å². The minimum absolute atomic E-state index is 0.0100. The van der Waals surface area contributed by atoms with Crippen molar-refractivity contribution >= 4 is 27.5 Å². The topological polar surface area (TPSA) is 97.5 Å². The summed E-state index contributed by atoms with van der Waals surface area (Å²) in [5.41, 5.74) is 2.41. The molecule has 0 unspecified atom stereocenters. The van der Waals surface area contributed by atoms with Crippen LogP contribution in [0.5, 0.6) is 5.75 Å². The Balaban J connectivity index is 1.28. The molecule has 0 radical (unpaired) electrons. The number of aromatic amines is 1. The van der Waals surface area contributed by atoms with E-state index in [-0.39, 0.29) is 28.4 Å². The fraction of sp³-hybridized carbons (Fsp3) is 0.500. The molecule has 9 heteroatoms. The Morgan fingerprint density at radius 2 is 1.97 bits per heavy atom. The van der Waals surface area contributed by atoms with Crippen LogP contribution in [0.2, 0.25) is 0 Å². The summed E-state index contributed by atoms with van der Waals surface area (Å²) < 4.78 is 14.2. The standard InChI is InChI=1S/C28H37FN4O3S/c1-19(27(35)31-15-12-20-6-5-7-22(29)18-20)33(23-8-3-2-4-9-23)17-16-30-14-13-21-10-11-24(34)25-26(21)37-28(36)32-25/h5-7,10-11,18-19,23,30,34H,2-4,8-9,12-17H2,1H3,(H,31,35)(H,32,36)/t19-/m1/s1. The normalized spacial score (nSPS) is 15.3. The SMILES string of the molecule is C[C@H](C(=O)NCCc1cccc(F)c1)N(CCNCCc1ccc(O)c2[nH]c(=O)sc12)C1CCCCC1. The summed E-state index contributed by atoms with van der Waals surface area (Å²) in [5.74, 6) is -0.154. The number of hydrogen-bond donors (Lipinski definition) is 4. The van der Waals surface area contributed by atoms with Gasteiger partial charge in [0.1, 0.15) is 17.1 Å². The number of hydrogen-bond acceptors (Lipinski definition) is 6. The number of carbonyl (C=O) groups excluding carboxylic acids is 1. The zero-order chi connectivity index (χ0) is 26.2. The molecule has 0 saturated heterocycles. The maximum Gasteiger partial charge on any atom is 0.305 e. The Hall–Kier alpha value is -2.75. The quantitative estimate of drug-likeness (QED) is 0.267. The molecule has 2 aromatic carbocycles. The van der Waals surface area contributed by atoms with E-state index in [0.717, 1.165) is 66.1 Å². The molecule has 1 aliphatic rings. The first-order chi connectivity index (χ1) is 17.9. The number of rotatable bonds is 12. The first-order valence-corrected chi connectivity index (χ1v) is 14.1. The highest BCUT2D eigenvalue weighted by Crippen LogP contribution is 2.28. The van der Waals surface area contributed by atoms with E-state index in [4.69, 9.17) is 0 Å². The van der Waals surface area contributed by atoms with Gasteiger partial charge >= 0.3 is 4.87 Å². The maximum absolute atomic E-state index is 13.4. The van der Waals surface area contributed by atoms with Gasteiger partial charge in [0.2, 0.25) is 5.91 Å². The smallest absolute Gasteiger partial charge is 0.305 e. The van der Waals surface area contributed by atoms with Crippen LogP contribution in [0.1, 0.15) is 50.2 Å². The van der Waals surface area contributed by atoms with Gasteiger partial charge in [0, 0.05) is 25.7 Å². The van der Waals surface area contributed by atoms with Crippen molar-refractivity contribution in [2.75, 3.05) is 26.2 Å². The Morgan fingerprint density at radius 3 is 2.76 bits per heavy atom. The number of phenols is 1. The third kappa shape index (κ3) is 7.40. The second-order valence-electron chi connectivity index (χ2n) is 9.84. The maximum atomic E-state index is 13.4. The fourth-order valence-corrected chi connectivity index (χ4v) is 6.15. The summed E-state index contributed by atoms with van der Waals surface area (Å²) in [5, 5.41) is 16.5. The third-order valence-corrected chi connectivity index (χ3v) is 8.24. The number of nitrogens with one attached hydrogen (secondary N) is 3. The van der Waals surface area contributed by atoms with Crippen molar-refractivity contribution in [2.45, 2.75) is 64.0 Å². The zero-order valence-corrected chi connectivity index (χ0v) is 22.2. The molecule has 3 aromatic rings. The second-order valence-corrected chi connectivity index (χ2v) is 10.8. The van der Waals surface area contributed by atoms with Crippen LogP contribution in [0.25, 0.3) is 10.2 Å². The van der Waals surface area contributed by atoms with Crippen molar-refractivity contribution in [1.82, 2.24) is 20.5 Å². The van der Waals surface area contributed by atoms with Gasteiger partial charge in [-0.15, -0.1) is 0 Å². The number of halogens is 1. The molecule has 1 aromatic heterocycles. The van der Waals surface area contributed by atoms with E-state index in [9.17, 15) is 19.1 Å². The molecular formula is C28H37FN4O3S. The summed E-state index contributed by atoms with van der Waals surface area (Å²) in [4.78, 5) is 29.6. The van der Waals surface area contributed by atoms with Gasteiger partial charge in [-0.3, -0.25) is 14.5 Å². The summed E-state index contributed by atoms with van der Waals surface area (Å²) in [6.45, 7) is 4.72. The molecule has 0 bridgehead atoms. The van der Waals surface area contributed by atoms with E-state index in [1.165, 1.54) is 31.4 Å². The van der Waals surface area contributed by atoms with Crippen LogP contribution in [-0.2, 0) is 17.6 Å². The number of thiazole rings is 1. The van der Waals surface area contributed by atoms with Crippen LogP contribution < -0.4 is 15.5 Å². The number of aromatic hydroxyl groups is 1. The second kappa shape index (κ2) is 13.2. The van der Waals surface area contributed by atoms with Crippen LogP contribution >= 0.6 is 11.3 Å². The van der Waals surface area contributed by atoms with Crippen LogP contribution in [0.4, 0.5) is 4.39 Å². The van der Waals surface area contributed by atoms with Gasteiger partial charge < -0.3 is 20.7 Å². The van der Waals surface area contributed by atoms with Gasteiger partial charge in [0.15, 0.2) is 0 Å². The molecule has 1 aliphatic carbocycles. The summed E-state index contributed by atoms with van der Waals surface area (Å²) in [6.07, 6.45) is 7.20. The first kappa shape index (κ1) is 27.3. The minimum atomic E-state index is -0.258. The lowest BCUT2D eigenvalue weighted by molar-refractivity contribution is -0.127. The molecule has 0 spiro atoms. The van der Waals surface area contributed by atoms with Crippen molar-refractivity contribution in [3.05, 3.63) is 63.0 Å². The predicted molar refractivity (Wildman–Crippen MR) is 147 cm³/mol. The molecule has 4 rings (SSSR count). The van der Waals surface area contributed by atoms with Crippen molar-refractivity contribution in [1.29, 1.82) is 0 Å². The predicted octanol–water partition coefficient (Wildman–Crippen LogP) is 3.95. The van der Waals surface area contributed by atoms with Crippen LogP contribution in [0.3, 0.4) is 0 Å². The molecule has 1 saturated carbocycles. The molecule has 37 heavy (non-hydrogen) atoms. The van der Waals surface area contributed by atoms with Gasteiger partial charge in [-0.2, -0.15) is 0 Å². The number of H-pyrrole nitrogens is 1. The van der Waals surface area contributed by atoms with Gasteiger partial charge in [-0.05, 0) is 68.5 Å². The van der Waals surface area contributed by atoms with Crippen LogP contribution in [0, 0.1) is 5.82 Å². The lowest BCUT2D eigenvalue weighted by Crippen LogP contribution is -2.52. The molecule has 1 amide bonds. The Kier molecular flexibility index (Phi) is 9.71. The number of amides is 1. The average Bonchev–Trinajstić information content (AvgIpc) is 3.30. The highest BCUT2D eigenvalue weighted by molar-refractivity contribution is 7.16. The van der Waals surface area contributed by atoms with Crippen molar-refractivity contribution < 1.29 is 14.3 Å². The molecule has 1 fully saturated rings. The number of phenolic OH excluding ortho intramolecular Hbond substituents is 1. The van der Waals surface area contributed by atoms with E-state index >= 15 is 0 Å². The van der Waals surface area contributed by atoms with E-state index in [1.54, 1.807) is 12.1 Å². The Labute approximate surface area is 221 Å². The monoisotopic (exact) mass is 528 g/mol. The van der Waals surface area contributed by atoms with E-state index < -0.39 is 0 Å². The first-order valence-electron chi connectivity index (χ1n) is 13.2. The van der Waals surface area contributed by atoms with Crippen molar-refractivity contribution in [3.63, 3.8) is 0 Å². The summed E-state index contributed by atoms with van der Waals surface area (Å²) in [6, 6.07) is 10.1. The molecule has 4 N–H and O–H groups in total. The van der Waals surface area contributed by atoms with Crippen molar-refractivity contribution in [3.8, 4) is 5.75 Å². The number of fused-ring (bicyclic) bond motifs is 1.